The molecule has 0 spiro atoms. The van der Waals surface area contributed by atoms with Gasteiger partial charge in [-0.15, -0.1) is 0 Å². The zero-order valence-corrected chi connectivity index (χ0v) is 16.6. The molecule has 1 unspecified atom stereocenters. The van der Waals surface area contributed by atoms with Gasteiger partial charge in [0.1, 0.15) is 0 Å². The third-order valence-electron chi connectivity index (χ3n) is 4.92. The maximum Gasteiger partial charge on any atom is 0.331 e. The van der Waals surface area contributed by atoms with Crippen LogP contribution >= 0.6 is 0 Å². The molecule has 0 aromatic heterocycles. The molecule has 1 N–H and O–H groups in total. The van der Waals surface area contributed by atoms with Crippen molar-refractivity contribution in [2.75, 3.05) is 5.01 Å². The first kappa shape index (κ1) is 20.9. The van der Waals surface area contributed by atoms with Crippen molar-refractivity contribution < 1.29 is 19.6 Å². The molecule has 2 aromatic rings. The zero-order valence-electron chi connectivity index (χ0n) is 16.6. The second kappa shape index (κ2) is 8.69. The van der Waals surface area contributed by atoms with Crippen LogP contribution in [0.25, 0.3) is 6.08 Å². The Balaban J connectivity index is 1.86. The van der Waals surface area contributed by atoms with E-state index in [0.29, 0.717) is 23.4 Å². The highest BCUT2D eigenvalue weighted by Crippen LogP contribution is 2.30. The fraction of sp³-hybridized carbons (Fsp3) is 0.227. The fourth-order valence-corrected chi connectivity index (χ4v) is 3.25. The van der Waals surface area contributed by atoms with E-state index in [1.165, 1.54) is 35.4 Å². The normalized spacial score (nSPS) is 16.5. The van der Waals surface area contributed by atoms with Crippen LogP contribution in [0.5, 0.6) is 0 Å². The maximum absolute atomic E-state index is 13.0. The van der Waals surface area contributed by atoms with Crippen LogP contribution in [-0.4, -0.2) is 27.6 Å². The van der Waals surface area contributed by atoms with Gasteiger partial charge in [-0.2, -0.15) is 5.10 Å². The molecule has 1 heterocycles. The van der Waals surface area contributed by atoms with Crippen LogP contribution in [0.3, 0.4) is 0 Å². The number of benzene rings is 2. The number of rotatable bonds is 7. The zero-order chi connectivity index (χ0) is 21.8. The lowest BCUT2D eigenvalue weighted by atomic mass is 9.92. The number of nitro benzene ring substituents is 1. The summed E-state index contributed by atoms with van der Waals surface area (Å²) in [6, 6.07) is 12.9. The first-order chi connectivity index (χ1) is 14.3. The van der Waals surface area contributed by atoms with E-state index in [4.69, 9.17) is 0 Å². The first-order valence-electron chi connectivity index (χ1n) is 9.46. The fourth-order valence-electron chi connectivity index (χ4n) is 3.25. The van der Waals surface area contributed by atoms with Crippen LogP contribution in [0.2, 0.25) is 0 Å². The summed E-state index contributed by atoms with van der Waals surface area (Å²) in [5.41, 5.74) is 2.78. The Morgan fingerprint density at radius 2 is 1.83 bits per heavy atom. The van der Waals surface area contributed by atoms with Crippen molar-refractivity contribution in [2.24, 2.45) is 11.0 Å². The predicted molar refractivity (Wildman–Crippen MR) is 113 cm³/mol. The largest absolute Gasteiger partial charge is 0.478 e. The highest BCUT2D eigenvalue weighted by molar-refractivity contribution is 6.16. The predicted octanol–water partition coefficient (Wildman–Crippen LogP) is 4.19. The molecule has 8 nitrogen and oxygen atoms in total. The molecule has 0 bridgehead atoms. The van der Waals surface area contributed by atoms with Crippen LogP contribution in [0, 0.1) is 23.0 Å². The van der Waals surface area contributed by atoms with Gasteiger partial charge in [0, 0.05) is 17.7 Å². The Bertz CT molecular complexity index is 1040. The van der Waals surface area contributed by atoms with Gasteiger partial charge in [0.2, 0.25) is 0 Å². The van der Waals surface area contributed by atoms with Gasteiger partial charge in [-0.1, -0.05) is 24.6 Å². The average molecular weight is 407 g/mol. The SMILES string of the molecule is CCC1=NN(c2ccc(C)cc2)C(=O)C1CC(=Cc1ccc([N+](=O)[O-])cc1)C(=O)O. The minimum Gasteiger partial charge on any atom is -0.478 e. The molecule has 0 saturated heterocycles. The Morgan fingerprint density at radius 3 is 2.37 bits per heavy atom. The lowest BCUT2D eigenvalue weighted by Gasteiger charge is -2.15. The van der Waals surface area contributed by atoms with Gasteiger partial charge >= 0.3 is 5.97 Å². The van der Waals surface area contributed by atoms with Crippen molar-refractivity contribution in [1.82, 2.24) is 0 Å². The molecule has 3 rings (SSSR count). The van der Waals surface area contributed by atoms with E-state index in [2.05, 4.69) is 5.10 Å². The number of nitro groups is 1. The molecule has 154 valence electrons. The number of hydrazone groups is 1. The molecule has 2 aromatic carbocycles. The number of aryl methyl sites for hydroxylation is 1. The maximum atomic E-state index is 13.0. The molecular weight excluding hydrogens is 386 g/mol. The Morgan fingerprint density at radius 1 is 1.20 bits per heavy atom. The molecule has 1 aliphatic rings. The molecule has 1 amide bonds. The van der Waals surface area contributed by atoms with Crippen molar-refractivity contribution in [3.8, 4) is 0 Å². The van der Waals surface area contributed by atoms with Crippen molar-refractivity contribution in [2.45, 2.75) is 26.7 Å². The van der Waals surface area contributed by atoms with Crippen molar-refractivity contribution in [3.05, 3.63) is 75.3 Å². The van der Waals surface area contributed by atoms with E-state index in [-0.39, 0.29) is 23.6 Å². The first-order valence-corrected chi connectivity index (χ1v) is 9.46. The van der Waals surface area contributed by atoms with E-state index < -0.39 is 16.8 Å². The van der Waals surface area contributed by atoms with Crippen molar-refractivity contribution in [1.29, 1.82) is 0 Å². The molecule has 8 heteroatoms. The van der Waals surface area contributed by atoms with E-state index in [1.807, 2.05) is 26.0 Å². The summed E-state index contributed by atoms with van der Waals surface area (Å²) >= 11 is 0. The minimum atomic E-state index is -1.15. The number of carboxylic acid groups (broad SMARTS) is 1. The standard InChI is InChI=1S/C22H21N3O5/c1-3-20-19(21(26)24(23-20)17-8-4-14(2)5-9-17)13-16(22(27)28)12-15-6-10-18(11-7-15)25(29)30/h4-12,19H,3,13H2,1-2H3,(H,27,28). The van der Waals surface area contributed by atoms with Crippen LogP contribution in [0.1, 0.15) is 30.9 Å². The smallest absolute Gasteiger partial charge is 0.331 e. The summed E-state index contributed by atoms with van der Waals surface area (Å²) in [6.45, 7) is 3.82. The lowest BCUT2D eigenvalue weighted by Crippen LogP contribution is -2.28. The van der Waals surface area contributed by atoms with Crippen molar-refractivity contribution in [3.63, 3.8) is 0 Å². The third-order valence-corrected chi connectivity index (χ3v) is 4.92. The molecule has 1 aliphatic heterocycles. The quantitative estimate of drug-likeness (QED) is 0.420. The second-order valence-corrected chi connectivity index (χ2v) is 7.01. The third kappa shape index (κ3) is 4.43. The number of carboxylic acids is 1. The van der Waals surface area contributed by atoms with Crippen LogP contribution in [0.4, 0.5) is 11.4 Å². The number of carbonyl (C=O) groups is 2. The average Bonchev–Trinajstić information content (AvgIpc) is 3.04. The number of carbonyl (C=O) groups excluding carboxylic acids is 1. The number of anilines is 1. The highest BCUT2D eigenvalue weighted by atomic mass is 16.6. The number of aliphatic carboxylic acids is 1. The van der Waals surface area contributed by atoms with E-state index >= 15 is 0 Å². The number of hydrogen-bond donors (Lipinski definition) is 1. The van der Waals surface area contributed by atoms with Gasteiger partial charge < -0.3 is 5.11 Å². The molecular formula is C22H21N3O5. The Kier molecular flexibility index (Phi) is 6.06. The number of amides is 1. The number of non-ortho nitro benzene ring substituents is 1. The van der Waals surface area contributed by atoms with Crippen LogP contribution in [0.15, 0.2) is 59.2 Å². The van der Waals surface area contributed by atoms with Gasteiger partial charge in [0.15, 0.2) is 0 Å². The summed E-state index contributed by atoms with van der Waals surface area (Å²) in [4.78, 5) is 35.1. The summed E-state index contributed by atoms with van der Waals surface area (Å²) < 4.78 is 0. The van der Waals surface area contributed by atoms with E-state index in [1.54, 1.807) is 12.1 Å². The Hall–Kier alpha value is -3.81. The monoisotopic (exact) mass is 407 g/mol. The van der Waals surface area contributed by atoms with Crippen LogP contribution < -0.4 is 5.01 Å². The number of nitrogens with zero attached hydrogens (tertiary/aromatic N) is 3. The topological polar surface area (TPSA) is 113 Å². The van der Waals surface area contributed by atoms with E-state index in [0.717, 1.165) is 5.56 Å². The molecule has 0 radical (unpaired) electrons. The van der Waals surface area contributed by atoms with E-state index in [9.17, 15) is 24.8 Å². The van der Waals surface area contributed by atoms with Gasteiger partial charge in [-0.05, 0) is 55.7 Å². The molecule has 0 aliphatic carbocycles. The Labute approximate surface area is 173 Å². The van der Waals surface area contributed by atoms with Gasteiger partial charge in [-0.25, -0.2) is 9.80 Å². The van der Waals surface area contributed by atoms with Crippen molar-refractivity contribution >= 4 is 35.0 Å². The highest BCUT2D eigenvalue weighted by Gasteiger charge is 2.37. The molecule has 30 heavy (non-hydrogen) atoms. The van der Waals surface area contributed by atoms with Gasteiger partial charge in [-0.3, -0.25) is 14.9 Å². The second-order valence-electron chi connectivity index (χ2n) is 7.01. The summed E-state index contributed by atoms with van der Waals surface area (Å²) in [5.74, 6) is -2.09. The minimum absolute atomic E-state index is 0.0137. The van der Waals surface area contributed by atoms with Crippen LogP contribution in [-0.2, 0) is 9.59 Å². The summed E-state index contributed by atoms with van der Waals surface area (Å²) in [7, 11) is 0. The molecule has 1 atom stereocenters. The summed E-state index contributed by atoms with van der Waals surface area (Å²) in [6.07, 6.45) is 1.94. The summed E-state index contributed by atoms with van der Waals surface area (Å²) in [5, 5.41) is 26.2. The number of hydrogen-bond acceptors (Lipinski definition) is 5. The molecule has 0 saturated carbocycles. The molecule has 0 fully saturated rings. The van der Waals surface area contributed by atoms with Gasteiger partial charge in [0.25, 0.3) is 11.6 Å². The van der Waals surface area contributed by atoms with Gasteiger partial charge in [0.05, 0.1) is 22.2 Å². The lowest BCUT2D eigenvalue weighted by molar-refractivity contribution is -0.384.